The highest BCUT2D eigenvalue weighted by Crippen LogP contribution is 2.37. The van der Waals surface area contributed by atoms with E-state index in [1.807, 2.05) is 12.3 Å². The molecule has 0 saturated heterocycles. The van der Waals surface area contributed by atoms with Crippen LogP contribution in [0.1, 0.15) is 19.8 Å². The van der Waals surface area contributed by atoms with Crippen LogP contribution in [0.5, 0.6) is 0 Å². The molecule has 1 aliphatic rings. The lowest BCUT2D eigenvalue weighted by Crippen LogP contribution is -2.21. The first-order chi connectivity index (χ1) is 6.27. The van der Waals surface area contributed by atoms with Crippen molar-refractivity contribution in [2.45, 2.75) is 19.8 Å². The number of carbonyl (C=O) groups excluding carboxylic acids is 1. The molecule has 1 aliphatic carbocycles. The van der Waals surface area contributed by atoms with Crippen LogP contribution in [0.2, 0.25) is 0 Å². The average Bonchev–Trinajstić information content (AvgIpc) is 2.85. The smallest absolute Gasteiger partial charge is 0.229 e. The maximum atomic E-state index is 11.5. The van der Waals surface area contributed by atoms with Gasteiger partial charge in [-0.15, -0.1) is 11.3 Å². The van der Waals surface area contributed by atoms with Crippen molar-refractivity contribution >= 4 is 22.4 Å². The van der Waals surface area contributed by atoms with Gasteiger partial charge < -0.3 is 5.32 Å². The van der Waals surface area contributed by atoms with E-state index >= 15 is 0 Å². The molecule has 1 aromatic rings. The van der Waals surface area contributed by atoms with E-state index in [4.69, 9.17) is 0 Å². The minimum atomic E-state index is 0.109. The van der Waals surface area contributed by atoms with Gasteiger partial charge in [0.15, 0.2) is 5.13 Å². The number of amides is 1. The van der Waals surface area contributed by atoms with Gasteiger partial charge in [0, 0.05) is 17.5 Å². The molecular weight excluding hydrogens is 184 g/mol. The van der Waals surface area contributed by atoms with Crippen molar-refractivity contribution in [1.82, 2.24) is 4.98 Å². The predicted molar refractivity (Wildman–Crippen MR) is 52.6 cm³/mol. The van der Waals surface area contributed by atoms with Gasteiger partial charge in [-0.2, -0.15) is 0 Å². The van der Waals surface area contributed by atoms with E-state index in [1.54, 1.807) is 6.20 Å². The number of hydrogen-bond acceptors (Lipinski definition) is 3. The molecule has 0 aromatic carbocycles. The number of aromatic nitrogens is 1. The standard InChI is InChI=1S/C9H12N2OS/c1-6(7-2-3-7)8(12)11-9-10-4-5-13-9/h4-7H,2-3H2,1H3,(H,10,11,12). The Bertz CT molecular complexity index is 293. The maximum Gasteiger partial charge on any atom is 0.229 e. The van der Waals surface area contributed by atoms with Gasteiger partial charge in [0.05, 0.1) is 0 Å². The molecule has 2 rings (SSSR count). The first kappa shape index (κ1) is 8.69. The van der Waals surface area contributed by atoms with Gasteiger partial charge in [0.2, 0.25) is 5.91 Å². The second-order valence-electron chi connectivity index (χ2n) is 3.45. The highest BCUT2D eigenvalue weighted by atomic mass is 32.1. The third-order valence-corrected chi connectivity index (χ3v) is 3.09. The second-order valence-corrected chi connectivity index (χ2v) is 4.35. The summed E-state index contributed by atoms with van der Waals surface area (Å²) in [6, 6.07) is 0. The first-order valence-electron chi connectivity index (χ1n) is 4.47. The summed E-state index contributed by atoms with van der Waals surface area (Å²) in [5.41, 5.74) is 0. The Morgan fingerprint density at radius 1 is 1.77 bits per heavy atom. The molecule has 1 amide bonds. The molecular formula is C9H12N2OS. The molecule has 4 heteroatoms. The molecule has 1 heterocycles. The zero-order chi connectivity index (χ0) is 9.26. The average molecular weight is 196 g/mol. The van der Waals surface area contributed by atoms with Crippen LogP contribution in [0.25, 0.3) is 0 Å². The van der Waals surface area contributed by atoms with Gasteiger partial charge >= 0.3 is 0 Å². The normalized spacial score (nSPS) is 18.2. The lowest BCUT2D eigenvalue weighted by atomic mass is 10.1. The van der Waals surface area contributed by atoms with Gasteiger partial charge in [-0.3, -0.25) is 4.79 Å². The number of anilines is 1. The summed E-state index contributed by atoms with van der Waals surface area (Å²) in [7, 11) is 0. The zero-order valence-corrected chi connectivity index (χ0v) is 8.30. The predicted octanol–water partition coefficient (Wildman–Crippen LogP) is 2.13. The van der Waals surface area contributed by atoms with E-state index in [9.17, 15) is 4.79 Å². The Morgan fingerprint density at radius 3 is 3.08 bits per heavy atom. The quantitative estimate of drug-likeness (QED) is 0.804. The highest BCUT2D eigenvalue weighted by Gasteiger charge is 2.32. The molecule has 3 nitrogen and oxygen atoms in total. The number of nitrogens with one attached hydrogen (secondary N) is 1. The van der Waals surface area contributed by atoms with Gasteiger partial charge in [0.1, 0.15) is 0 Å². The number of hydrogen-bond donors (Lipinski definition) is 1. The molecule has 1 fully saturated rings. The van der Waals surface area contributed by atoms with Crippen molar-refractivity contribution in [3.63, 3.8) is 0 Å². The SMILES string of the molecule is CC(C(=O)Nc1nccs1)C1CC1. The molecule has 13 heavy (non-hydrogen) atoms. The molecule has 1 unspecified atom stereocenters. The fourth-order valence-corrected chi connectivity index (χ4v) is 1.85. The van der Waals surface area contributed by atoms with E-state index in [2.05, 4.69) is 10.3 Å². The van der Waals surface area contributed by atoms with Crippen molar-refractivity contribution in [3.8, 4) is 0 Å². The van der Waals surface area contributed by atoms with E-state index in [0.29, 0.717) is 11.0 Å². The second kappa shape index (κ2) is 3.46. The van der Waals surface area contributed by atoms with Crippen molar-refractivity contribution in [1.29, 1.82) is 0 Å². The van der Waals surface area contributed by atoms with Crippen LogP contribution in [0.4, 0.5) is 5.13 Å². The Labute approximate surface area is 81.2 Å². The molecule has 0 spiro atoms. The molecule has 0 bridgehead atoms. The van der Waals surface area contributed by atoms with Crippen molar-refractivity contribution in [2.75, 3.05) is 5.32 Å². The van der Waals surface area contributed by atoms with Crippen LogP contribution in [0.15, 0.2) is 11.6 Å². The summed E-state index contributed by atoms with van der Waals surface area (Å²) >= 11 is 1.46. The molecule has 1 N–H and O–H groups in total. The molecule has 0 radical (unpaired) electrons. The molecule has 1 saturated carbocycles. The largest absolute Gasteiger partial charge is 0.302 e. The molecule has 1 atom stereocenters. The highest BCUT2D eigenvalue weighted by molar-refractivity contribution is 7.13. The van der Waals surface area contributed by atoms with Gasteiger partial charge in [-0.1, -0.05) is 6.92 Å². The number of thiazole rings is 1. The molecule has 0 aliphatic heterocycles. The zero-order valence-electron chi connectivity index (χ0n) is 7.49. The third kappa shape index (κ3) is 2.06. The number of carbonyl (C=O) groups is 1. The Morgan fingerprint density at radius 2 is 2.54 bits per heavy atom. The first-order valence-corrected chi connectivity index (χ1v) is 5.35. The summed E-state index contributed by atoms with van der Waals surface area (Å²) in [5.74, 6) is 0.862. The number of nitrogens with zero attached hydrogens (tertiary/aromatic N) is 1. The van der Waals surface area contributed by atoms with Crippen LogP contribution in [0, 0.1) is 11.8 Å². The summed E-state index contributed by atoms with van der Waals surface area (Å²) in [4.78, 5) is 15.6. The summed E-state index contributed by atoms with van der Waals surface area (Å²) < 4.78 is 0. The van der Waals surface area contributed by atoms with Crippen molar-refractivity contribution in [3.05, 3.63) is 11.6 Å². The van der Waals surface area contributed by atoms with E-state index < -0.39 is 0 Å². The minimum Gasteiger partial charge on any atom is -0.302 e. The fourth-order valence-electron chi connectivity index (χ4n) is 1.31. The summed E-state index contributed by atoms with van der Waals surface area (Å²) in [5, 5.41) is 5.38. The Hall–Kier alpha value is -0.900. The van der Waals surface area contributed by atoms with E-state index in [-0.39, 0.29) is 11.8 Å². The lowest BCUT2D eigenvalue weighted by Gasteiger charge is -2.07. The molecule has 1 aromatic heterocycles. The van der Waals surface area contributed by atoms with Crippen molar-refractivity contribution < 1.29 is 4.79 Å². The van der Waals surface area contributed by atoms with E-state index in [0.717, 1.165) is 0 Å². The topological polar surface area (TPSA) is 42.0 Å². The van der Waals surface area contributed by atoms with Crippen LogP contribution < -0.4 is 5.32 Å². The van der Waals surface area contributed by atoms with Gasteiger partial charge in [0.25, 0.3) is 0 Å². The Kier molecular flexibility index (Phi) is 2.31. The van der Waals surface area contributed by atoms with Crippen LogP contribution in [-0.4, -0.2) is 10.9 Å². The minimum absolute atomic E-state index is 0.109. The monoisotopic (exact) mass is 196 g/mol. The lowest BCUT2D eigenvalue weighted by molar-refractivity contribution is -0.119. The third-order valence-electron chi connectivity index (χ3n) is 2.41. The van der Waals surface area contributed by atoms with Gasteiger partial charge in [-0.05, 0) is 18.8 Å². The van der Waals surface area contributed by atoms with Crippen molar-refractivity contribution in [2.24, 2.45) is 11.8 Å². The van der Waals surface area contributed by atoms with Gasteiger partial charge in [-0.25, -0.2) is 4.98 Å². The van der Waals surface area contributed by atoms with Crippen LogP contribution in [0.3, 0.4) is 0 Å². The van der Waals surface area contributed by atoms with Crippen LogP contribution >= 0.6 is 11.3 Å². The summed E-state index contributed by atoms with van der Waals surface area (Å²) in [6.45, 7) is 1.99. The number of rotatable bonds is 3. The Balaban J connectivity index is 1.90. The maximum absolute atomic E-state index is 11.5. The van der Waals surface area contributed by atoms with Crippen LogP contribution in [-0.2, 0) is 4.79 Å². The fraction of sp³-hybridized carbons (Fsp3) is 0.556. The summed E-state index contributed by atoms with van der Waals surface area (Å²) in [6.07, 6.45) is 4.10. The molecule has 70 valence electrons. The van der Waals surface area contributed by atoms with E-state index in [1.165, 1.54) is 24.2 Å².